The molecule has 0 bridgehead atoms. The van der Waals surface area contributed by atoms with Gasteiger partial charge in [0, 0.05) is 0 Å². The van der Waals surface area contributed by atoms with Crippen molar-refractivity contribution in [3.05, 3.63) is 28.8 Å². The molecule has 0 radical (unpaired) electrons. The Morgan fingerprint density at radius 1 is 1.20 bits per heavy atom. The van der Waals surface area contributed by atoms with Crippen LogP contribution < -0.4 is 5.48 Å². The average molecular weight is 388 g/mol. The number of anilines is 1. The van der Waals surface area contributed by atoms with Gasteiger partial charge in [0.1, 0.15) is 18.3 Å². The van der Waals surface area contributed by atoms with Gasteiger partial charge in [0.05, 0.1) is 16.3 Å². The highest BCUT2D eigenvalue weighted by Crippen LogP contribution is 2.34. The maximum absolute atomic E-state index is 12.6. The lowest BCUT2D eigenvalue weighted by Crippen LogP contribution is -2.60. The summed E-state index contributed by atoms with van der Waals surface area (Å²) in [4.78, 5) is 15.8. The molecule has 1 aliphatic rings. The second-order valence-electron chi connectivity index (χ2n) is 5.15. The second-order valence-corrected chi connectivity index (χ2v) is 5.55. The highest BCUT2D eigenvalue weighted by Gasteiger charge is 2.47. The van der Waals surface area contributed by atoms with Crippen molar-refractivity contribution in [2.24, 2.45) is 0 Å². The van der Waals surface area contributed by atoms with Gasteiger partial charge < -0.3 is 25.2 Å². The molecule has 25 heavy (non-hydrogen) atoms. The minimum Gasteiger partial charge on any atom is -0.479 e. The van der Waals surface area contributed by atoms with Gasteiger partial charge in [-0.2, -0.15) is 13.2 Å². The van der Waals surface area contributed by atoms with E-state index in [2.05, 4.69) is 5.48 Å². The zero-order valence-corrected chi connectivity index (χ0v) is 12.9. The largest absolute Gasteiger partial charge is 0.479 e. The maximum atomic E-state index is 12.6. The Balaban J connectivity index is 2.08. The number of aliphatic hydroxyl groups is 3. The highest BCUT2D eigenvalue weighted by atomic mass is 35.5. The molecule has 5 N–H and O–H groups in total. The van der Waals surface area contributed by atoms with Crippen LogP contribution in [0.4, 0.5) is 18.9 Å². The second kappa shape index (κ2) is 7.32. The summed E-state index contributed by atoms with van der Waals surface area (Å²) in [6.45, 7) is 0. The van der Waals surface area contributed by atoms with E-state index in [1.807, 2.05) is 0 Å². The number of aliphatic hydroxyl groups excluding tert-OH is 3. The highest BCUT2D eigenvalue weighted by molar-refractivity contribution is 6.33. The number of hydrogen-bond donors (Lipinski definition) is 5. The van der Waals surface area contributed by atoms with E-state index in [9.17, 15) is 33.3 Å². The van der Waals surface area contributed by atoms with Gasteiger partial charge in [-0.1, -0.05) is 11.6 Å². The van der Waals surface area contributed by atoms with E-state index < -0.39 is 48.4 Å². The standard InChI is InChI=1S/C13H13ClF3NO7/c14-5-3-4(13(15,16)17)1-2-6(5)18-25-12-9(21)7(19)8(20)10(24-12)11(22)23/h1-3,7-10,12,18-21H,(H,22,23)/t7-,8-,9+,10-,12-/m0/s1. The monoisotopic (exact) mass is 387 g/mol. The normalized spacial score (nSPS) is 30.1. The average Bonchev–Trinajstić information content (AvgIpc) is 2.51. The Kier molecular flexibility index (Phi) is 5.76. The Bertz CT molecular complexity index is 645. The van der Waals surface area contributed by atoms with E-state index >= 15 is 0 Å². The fourth-order valence-corrected chi connectivity index (χ4v) is 2.26. The molecule has 1 fully saturated rings. The van der Waals surface area contributed by atoms with E-state index in [1.165, 1.54) is 0 Å². The van der Waals surface area contributed by atoms with Gasteiger partial charge in [0.15, 0.2) is 6.10 Å². The molecule has 0 aromatic heterocycles. The summed E-state index contributed by atoms with van der Waals surface area (Å²) in [6.07, 6.45) is -13.8. The zero-order chi connectivity index (χ0) is 18.9. The van der Waals surface area contributed by atoms with Gasteiger partial charge in [0.25, 0.3) is 0 Å². The molecule has 140 valence electrons. The number of carboxylic acid groups (broad SMARTS) is 1. The molecule has 1 aromatic rings. The quantitative estimate of drug-likeness (QED) is 0.475. The van der Waals surface area contributed by atoms with Crippen LogP contribution in [-0.4, -0.2) is 57.1 Å². The molecule has 0 amide bonds. The van der Waals surface area contributed by atoms with Gasteiger partial charge in [-0.05, 0) is 18.2 Å². The molecule has 1 heterocycles. The van der Waals surface area contributed by atoms with Gasteiger partial charge in [-0.25, -0.2) is 9.63 Å². The Morgan fingerprint density at radius 2 is 1.84 bits per heavy atom. The van der Waals surface area contributed by atoms with Gasteiger partial charge >= 0.3 is 12.1 Å². The fourth-order valence-electron chi connectivity index (χ4n) is 2.05. The first-order valence-corrected chi connectivity index (χ1v) is 7.11. The van der Waals surface area contributed by atoms with Crippen LogP contribution in [-0.2, 0) is 20.5 Å². The van der Waals surface area contributed by atoms with Crippen molar-refractivity contribution in [1.82, 2.24) is 0 Å². The van der Waals surface area contributed by atoms with E-state index in [-0.39, 0.29) is 10.7 Å². The van der Waals surface area contributed by atoms with Crippen molar-refractivity contribution in [1.29, 1.82) is 0 Å². The summed E-state index contributed by atoms with van der Waals surface area (Å²) in [5.41, 5.74) is 0.991. The predicted molar refractivity (Wildman–Crippen MR) is 75.5 cm³/mol. The smallest absolute Gasteiger partial charge is 0.416 e. The Hall–Kier alpha value is -1.63. The fraction of sp³-hybridized carbons (Fsp3) is 0.462. The van der Waals surface area contributed by atoms with Crippen LogP contribution in [0.5, 0.6) is 0 Å². The first kappa shape index (κ1) is 19.7. The molecule has 8 nitrogen and oxygen atoms in total. The first-order valence-electron chi connectivity index (χ1n) is 6.73. The van der Waals surface area contributed by atoms with Crippen LogP contribution >= 0.6 is 11.6 Å². The lowest BCUT2D eigenvalue weighted by Gasteiger charge is -2.38. The van der Waals surface area contributed by atoms with Gasteiger partial charge in [0.2, 0.25) is 6.29 Å². The minimum atomic E-state index is -4.60. The van der Waals surface area contributed by atoms with Crippen LogP contribution in [0.3, 0.4) is 0 Å². The van der Waals surface area contributed by atoms with E-state index in [1.54, 1.807) is 0 Å². The number of carboxylic acids is 1. The van der Waals surface area contributed by atoms with Crippen molar-refractivity contribution in [2.75, 3.05) is 5.48 Å². The third-order valence-electron chi connectivity index (χ3n) is 3.39. The summed E-state index contributed by atoms with van der Waals surface area (Å²) in [5, 5.41) is 37.4. The van der Waals surface area contributed by atoms with Crippen molar-refractivity contribution < 1.29 is 48.0 Å². The van der Waals surface area contributed by atoms with E-state index in [0.29, 0.717) is 12.1 Å². The summed E-state index contributed by atoms with van der Waals surface area (Å²) in [7, 11) is 0. The summed E-state index contributed by atoms with van der Waals surface area (Å²) < 4.78 is 42.5. The minimum absolute atomic E-state index is 0.127. The van der Waals surface area contributed by atoms with Gasteiger partial charge in [-0.3, -0.25) is 5.48 Å². The number of benzene rings is 1. The topological polar surface area (TPSA) is 128 Å². The van der Waals surface area contributed by atoms with Crippen LogP contribution in [0.15, 0.2) is 18.2 Å². The molecule has 0 spiro atoms. The number of halogens is 4. The van der Waals surface area contributed by atoms with Crippen LogP contribution in [0.2, 0.25) is 5.02 Å². The lowest BCUT2D eigenvalue weighted by molar-refractivity contribution is -0.287. The number of nitrogens with one attached hydrogen (secondary N) is 1. The molecule has 0 unspecified atom stereocenters. The maximum Gasteiger partial charge on any atom is 0.416 e. The molecule has 2 rings (SSSR count). The van der Waals surface area contributed by atoms with E-state index in [4.69, 9.17) is 26.3 Å². The molecule has 0 aliphatic carbocycles. The van der Waals surface area contributed by atoms with Crippen molar-refractivity contribution in [3.63, 3.8) is 0 Å². The summed E-state index contributed by atoms with van der Waals surface area (Å²) >= 11 is 5.69. The van der Waals surface area contributed by atoms with Gasteiger partial charge in [-0.15, -0.1) is 0 Å². The van der Waals surface area contributed by atoms with Crippen molar-refractivity contribution in [3.8, 4) is 0 Å². The number of carbonyl (C=O) groups is 1. The Morgan fingerprint density at radius 3 is 2.36 bits per heavy atom. The lowest BCUT2D eigenvalue weighted by atomic mass is 9.99. The van der Waals surface area contributed by atoms with Crippen LogP contribution in [0, 0.1) is 0 Å². The number of ether oxygens (including phenoxy) is 1. The molecule has 1 aliphatic heterocycles. The molecule has 1 aromatic carbocycles. The molecule has 12 heteroatoms. The third kappa shape index (κ3) is 4.32. The SMILES string of the molecule is O=C(O)[C@H]1O[C@@H](ONc2ccc(C(F)(F)F)cc2Cl)[C@H](O)[C@@H](O)[C@@H]1O. The van der Waals surface area contributed by atoms with Crippen molar-refractivity contribution in [2.45, 2.75) is 36.9 Å². The zero-order valence-electron chi connectivity index (χ0n) is 12.1. The Labute approximate surface area is 143 Å². The summed E-state index contributed by atoms with van der Waals surface area (Å²) in [6, 6.07) is 2.29. The molecule has 1 saturated heterocycles. The van der Waals surface area contributed by atoms with E-state index in [0.717, 1.165) is 6.07 Å². The molecule has 0 saturated carbocycles. The number of rotatable bonds is 4. The molecular weight excluding hydrogens is 375 g/mol. The first-order chi connectivity index (χ1) is 11.5. The number of hydrogen-bond acceptors (Lipinski definition) is 7. The predicted octanol–water partition coefficient (Wildman–Crippen LogP) is 0.594. The van der Waals surface area contributed by atoms with Crippen molar-refractivity contribution >= 4 is 23.3 Å². The number of aliphatic carboxylic acids is 1. The van der Waals surface area contributed by atoms with Crippen LogP contribution in [0.1, 0.15) is 5.56 Å². The third-order valence-corrected chi connectivity index (χ3v) is 3.71. The summed E-state index contributed by atoms with van der Waals surface area (Å²) in [5.74, 6) is -1.61. The molecular formula is C13H13ClF3NO7. The number of alkyl halides is 3. The molecule has 5 atom stereocenters. The van der Waals surface area contributed by atoms with Crippen LogP contribution in [0.25, 0.3) is 0 Å².